The standard InChI is InChI=1S/C18H20O/c1-2-6-15(7-3-1)12-16-10-11-17-8-4-5-9-18(17)14-19-13-16/h1-9,16H,10-14H2. The highest BCUT2D eigenvalue weighted by Crippen LogP contribution is 2.22. The van der Waals surface area contributed by atoms with Crippen molar-refractivity contribution in [3.8, 4) is 0 Å². The monoisotopic (exact) mass is 252 g/mol. The van der Waals surface area contributed by atoms with Gasteiger partial charge in [-0.15, -0.1) is 0 Å². The van der Waals surface area contributed by atoms with Gasteiger partial charge in [-0.25, -0.2) is 0 Å². The fourth-order valence-electron chi connectivity index (χ4n) is 2.83. The molecule has 0 saturated carbocycles. The van der Waals surface area contributed by atoms with Gasteiger partial charge in [0, 0.05) is 0 Å². The van der Waals surface area contributed by atoms with Crippen LogP contribution in [0.1, 0.15) is 23.1 Å². The van der Waals surface area contributed by atoms with Gasteiger partial charge in [0.25, 0.3) is 0 Å². The molecule has 0 amide bonds. The van der Waals surface area contributed by atoms with Crippen molar-refractivity contribution in [3.05, 3.63) is 71.3 Å². The summed E-state index contributed by atoms with van der Waals surface area (Å²) in [4.78, 5) is 0. The third-order valence-corrected chi connectivity index (χ3v) is 3.92. The van der Waals surface area contributed by atoms with E-state index in [1.165, 1.54) is 29.5 Å². The minimum absolute atomic E-state index is 0.635. The highest BCUT2D eigenvalue weighted by atomic mass is 16.5. The zero-order valence-electron chi connectivity index (χ0n) is 11.2. The van der Waals surface area contributed by atoms with Crippen molar-refractivity contribution >= 4 is 0 Å². The molecule has 2 aromatic rings. The average molecular weight is 252 g/mol. The van der Waals surface area contributed by atoms with Crippen LogP contribution < -0.4 is 0 Å². The molecule has 1 atom stereocenters. The van der Waals surface area contributed by atoms with E-state index in [-0.39, 0.29) is 0 Å². The van der Waals surface area contributed by atoms with Crippen LogP contribution in [0.3, 0.4) is 0 Å². The van der Waals surface area contributed by atoms with Gasteiger partial charge in [0.05, 0.1) is 13.2 Å². The molecule has 0 aromatic heterocycles. The molecule has 0 N–H and O–H groups in total. The molecule has 1 aliphatic rings. The van der Waals surface area contributed by atoms with E-state index in [0.29, 0.717) is 5.92 Å². The van der Waals surface area contributed by atoms with Crippen LogP contribution in [-0.4, -0.2) is 6.61 Å². The van der Waals surface area contributed by atoms with Gasteiger partial charge in [0.15, 0.2) is 0 Å². The lowest BCUT2D eigenvalue weighted by Gasteiger charge is -2.22. The first-order valence-electron chi connectivity index (χ1n) is 7.10. The first-order valence-corrected chi connectivity index (χ1v) is 7.10. The average Bonchev–Trinajstić information content (AvgIpc) is 2.44. The zero-order chi connectivity index (χ0) is 12.9. The maximum atomic E-state index is 5.89. The summed E-state index contributed by atoms with van der Waals surface area (Å²) in [6, 6.07) is 19.4. The summed E-state index contributed by atoms with van der Waals surface area (Å²) in [5, 5.41) is 0. The Labute approximate surface area is 115 Å². The molecule has 0 aliphatic carbocycles. The molecule has 1 aliphatic heterocycles. The summed E-state index contributed by atoms with van der Waals surface area (Å²) >= 11 is 0. The number of hydrogen-bond donors (Lipinski definition) is 0. The molecule has 0 radical (unpaired) electrons. The van der Waals surface area contributed by atoms with Gasteiger partial charge in [-0.05, 0) is 41.9 Å². The van der Waals surface area contributed by atoms with Gasteiger partial charge in [-0.2, -0.15) is 0 Å². The fourth-order valence-corrected chi connectivity index (χ4v) is 2.83. The summed E-state index contributed by atoms with van der Waals surface area (Å²) in [7, 11) is 0. The maximum Gasteiger partial charge on any atom is 0.0719 e. The number of hydrogen-bond acceptors (Lipinski definition) is 1. The molecule has 0 fully saturated rings. The lowest BCUT2D eigenvalue weighted by atomic mass is 9.91. The Morgan fingerprint density at radius 3 is 2.47 bits per heavy atom. The minimum atomic E-state index is 0.635. The van der Waals surface area contributed by atoms with Gasteiger partial charge in [0.1, 0.15) is 0 Å². The SMILES string of the molecule is c1ccc(CC2CCc3ccccc3COC2)cc1. The third kappa shape index (κ3) is 3.24. The van der Waals surface area contributed by atoms with Crippen LogP contribution >= 0.6 is 0 Å². The molecule has 0 saturated heterocycles. The normalized spacial score (nSPS) is 19.3. The second-order valence-corrected chi connectivity index (χ2v) is 5.38. The quantitative estimate of drug-likeness (QED) is 0.784. The molecule has 2 aromatic carbocycles. The van der Waals surface area contributed by atoms with Crippen LogP contribution in [0, 0.1) is 5.92 Å². The summed E-state index contributed by atoms with van der Waals surface area (Å²) in [6.45, 7) is 1.64. The van der Waals surface area contributed by atoms with Gasteiger partial charge in [-0.1, -0.05) is 54.6 Å². The number of fused-ring (bicyclic) bond motifs is 1. The molecule has 1 heterocycles. The van der Waals surface area contributed by atoms with Crippen LogP contribution in [0.2, 0.25) is 0 Å². The molecule has 19 heavy (non-hydrogen) atoms. The zero-order valence-corrected chi connectivity index (χ0v) is 11.2. The van der Waals surface area contributed by atoms with Crippen molar-refractivity contribution in [1.82, 2.24) is 0 Å². The minimum Gasteiger partial charge on any atom is -0.376 e. The maximum absolute atomic E-state index is 5.89. The van der Waals surface area contributed by atoms with Crippen LogP contribution in [0.25, 0.3) is 0 Å². The van der Waals surface area contributed by atoms with Crippen molar-refractivity contribution in [2.75, 3.05) is 6.61 Å². The van der Waals surface area contributed by atoms with E-state index < -0.39 is 0 Å². The lowest BCUT2D eigenvalue weighted by molar-refractivity contribution is 0.0793. The van der Waals surface area contributed by atoms with E-state index in [1.807, 2.05) is 0 Å². The predicted molar refractivity (Wildman–Crippen MR) is 78.1 cm³/mol. The van der Waals surface area contributed by atoms with E-state index in [4.69, 9.17) is 4.74 Å². The second-order valence-electron chi connectivity index (χ2n) is 5.38. The van der Waals surface area contributed by atoms with E-state index >= 15 is 0 Å². The summed E-state index contributed by atoms with van der Waals surface area (Å²) in [6.07, 6.45) is 3.52. The fraction of sp³-hybridized carbons (Fsp3) is 0.333. The van der Waals surface area contributed by atoms with E-state index in [2.05, 4.69) is 54.6 Å². The summed E-state index contributed by atoms with van der Waals surface area (Å²) < 4.78 is 5.89. The molecular weight excluding hydrogens is 232 g/mol. The molecule has 0 spiro atoms. The third-order valence-electron chi connectivity index (χ3n) is 3.92. The Hall–Kier alpha value is -1.60. The van der Waals surface area contributed by atoms with Crippen molar-refractivity contribution in [3.63, 3.8) is 0 Å². The molecule has 0 bridgehead atoms. The van der Waals surface area contributed by atoms with Crippen LogP contribution in [0.4, 0.5) is 0 Å². The number of rotatable bonds is 2. The van der Waals surface area contributed by atoms with Gasteiger partial charge >= 0.3 is 0 Å². The van der Waals surface area contributed by atoms with Gasteiger partial charge in [0.2, 0.25) is 0 Å². The van der Waals surface area contributed by atoms with Crippen LogP contribution in [0.5, 0.6) is 0 Å². The summed E-state index contributed by atoms with van der Waals surface area (Å²) in [5.74, 6) is 0.635. The molecule has 1 heteroatoms. The Balaban J connectivity index is 1.67. The molecule has 98 valence electrons. The summed E-state index contributed by atoms with van der Waals surface area (Å²) in [5.41, 5.74) is 4.24. The Morgan fingerprint density at radius 1 is 0.895 bits per heavy atom. The van der Waals surface area contributed by atoms with Gasteiger partial charge in [-0.3, -0.25) is 0 Å². The van der Waals surface area contributed by atoms with Crippen molar-refractivity contribution in [2.24, 2.45) is 5.92 Å². The highest BCUT2D eigenvalue weighted by molar-refractivity contribution is 5.27. The van der Waals surface area contributed by atoms with E-state index in [9.17, 15) is 0 Å². The van der Waals surface area contributed by atoms with Gasteiger partial charge < -0.3 is 4.74 Å². The number of aryl methyl sites for hydroxylation is 1. The highest BCUT2D eigenvalue weighted by Gasteiger charge is 2.15. The number of ether oxygens (including phenoxy) is 1. The van der Waals surface area contributed by atoms with Crippen molar-refractivity contribution in [1.29, 1.82) is 0 Å². The smallest absolute Gasteiger partial charge is 0.0719 e. The van der Waals surface area contributed by atoms with E-state index in [0.717, 1.165) is 19.6 Å². The first kappa shape index (κ1) is 12.4. The topological polar surface area (TPSA) is 9.23 Å². The largest absolute Gasteiger partial charge is 0.376 e. The second kappa shape index (κ2) is 6.03. The lowest BCUT2D eigenvalue weighted by Crippen LogP contribution is -2.17. The first-order chi connectivity index (χ1) is 9.42. The Morgan fingerprint density at radius 2 is 1.63 bits per heavy atom. The predicted octanol–water partition coefficient (Wildman–Crippen LogP) is 4.01. The van der Waals surface area contributed by atoms with Crippen LogP contribution in [-0.2, 0) is 24.2 Å². The molecular formula is C18H20O. The van der Waals surface area contributed by atoms with Crippen molar-refractivity contribution in [2.45, 2.75) is 25.9 Å². The Bertz CT molecular complexity index is 518. The molecule has 3 rings (SSSR count). The molecule has 1 unspecified atom stereocenters. The van der Waals surface area contributed by atoms with Crippen LogP contribution in [0.15, 0.2) is 54.6 Å². The number of benzene rings is 2. The Kier molecular flexibility index (Phi) is 3.95. The van der Waals surface area contributed by atoms with Crippen molar-refractivity contribution < 1.29 is 4.74 Å². The molecule has 1 nitrogen and oxygen atoms in total. The van der Waals surface area contributed by atoms with E-state index in [1.54, 1.807) is 0 Å².